The van der Waals surface area contributed by atoms with E-state index < -0.39 is 10.0 Å². The first-order valence-corrected chi connectivity index (χ1v) is 13.3. The van der Waals surface area contributed by atoms with Crippen LogP contribution >= 0.6 is 11.3 Å². The van der Waals surface area contributed by atoms with E-state index in [-0.39, 0.29) is 23.9 Å². The number of piperazine rings is 1. The Hall–Kier alpha value is -2.10. The number of hydrogen-bond donors (Lipinski definition) is 0. The lowest BCUT2D eigenvalue weighted by Gasteiger charge is -2.33. The minimum Gasteiger partial charge on any atom is -0.493 e. The van der Waals surface area contributed by atoms with Gasteiger partial charge in [0, 0.05) is 37.1 Å². The van der Waals surface area contributed by atoms with Crippen molar-refractivity contribution in [1.29, 1.82) is 0 Å². The maximum Gasteiger partial charge on any atom is 0.264 e. The molecular weight excluding hydrogens is 448 g/mol. The van der Waals surface area contributed by atoms with Gasteiger partial charge in [-0.2, -0.15) is 4.31 Å². The van der Waals surface area contributed by atoms with Gasteiger partial charge in [0.15, 0.2) is 11.5 Å². The number of rotatable bonds is 5. The fourth-order valence-corrected chi connectivity index (χ4v) is 7.02. The molecule has 9 heteroatoms. The number of thiophene rings is 1. The molecule has 0 bridgehead atoms. The van der Waals surface area contributed by atoms with Crippen LogP contribution in [0, 0.1) is 0 Å². The molecule has 1 aromatic heterocycles. The molecule has 1 aromatic carbocycles. The van der Waals surface area contributed by atoms with Gasteiger partial charge in [0.1, 0.15) is 0 Å². The molecule has 0 saturated carbocycles. The first-order chi connectivity index (χ1) is 15.4. The Morgan fingerprint density at radius 3 is 2.28 bits per heavy atom. The zero-order valence-corrected chi connectivity index (χ0v) is 20.3. The van der Waals surface area contributed by atoms with Crippen molar-refractivity contribution in [3.8, 4) is 11.5 Å². The number of carbonyl (C=O) groups is 1. The van der Waals surface area contributed by atoms with Crippen LogP contribution in [0.2, 0.25) is 0 Å². The van der Waals surface area contributed by atoms with E-state index in [9.17, 15) is 13.2 Å². The van der Waals surface area contributed by atoms with E-state index in [4.69, 9.17) is 9.47 Å². The quantitative estimate of drug-likeness (QED) is 0.657. The van der Waals surface area contributed by atoms with E-state index >= 15 is 0 Å². The summed E-state index contributed by atoms with van der Waals surface area (Å²) >= 11 is 1.62. The molecule has 1 aliphatic heterocycles. The molecule has 2 aromatic rings. The molecule has 0 atom stereocenters. The van der Waals surface area contributed by atoms with Gasteiger partial charge in [0.05, 0.1) is 24.0 Å². The van der Waals surface area contributed by atoms with Crippen LogP contribution in [0.4, 0.5) is 0 Å². The average Bonchev–Trinajstić information content (AvgIpc) is 3.19. The van der Waals surface area contributed by atoms with Crippen molar-refractivity contribution in [3.63, 3.8) is 0 Å². The third kappa shape index (κ3) is 4.65. The van der Waals surface area contributed by atoms with Crippen molar-refractivity contribution in [1.82, 2.24) is 9.21 Å². The fourth-order valence-electron chi connectivity index (χ4n) is 4.36. The van der Waals surface area contributed by atoms with Gasteiger partial charge in [-0.3, -0.25) is 4.79 Å². The zero-order chi connectivity index (χ0) is 22.7. The highest BCUT2D eigenvalue weighted by Gasteiger charge is 2.31. The number of ether oxygens (including phenoxy) is 2. The molecule has 2 aliphatic rings. The summed E-state index contributed by atoms with van der Waals surface area (Å²) in [5.74, 6) is 0.868. The summed E-state index contributed by atoms with van der Waals surface area (Å²) in [4.78, 5) is 17.2. The van der Waals surface area contributed by atoms with Gasteiger partial charge < -0.3 is 14.4 Å². The summed E-state index contributed by atoms with van der Waals surface area (Å²) < 4.78 is 38.1. The molecule has 1 fully saturated rings. The third-order valence-electron chi connectivity index (χ3n) is 6.23. The SMILES string of the molecule is COc1ccc(S(=O)(=O)N2CCN(C(=O)c3cc4c(s3)CCCCCC4)CC2)cc1OC. The Balaban J connectivity index is 1.43. The lowest BCUT2D eigenvalue weighted by atomic mass is 10.00. The van der Waals surface area contributed by atoms with Crippen molar-refractivity contribution >= 4 is 27.3 Å². The first kappa shape index (κ1) is 23.1. The largest absolute Gasteiger partial charge is 0.493 e. The Bertz CT molecular complexity index is 1050. The highest BCUT2D eigenvalue weighted by Crippen LogP contribution is 2.32. The molecule has 1 amide bonds. The number of benzene rings is 1. The minimum absolute atomic E-state index is 0.0184. The molecule has 1 aliphatic carbocycles. The number of methoxy groups -OCH3 is 2. The van der Waals surface area contributed by atoms with Crippen LogP contribution in [-0.4, -0.2) is 63.9 Å². The van der Waals surface area contributed by atoms with E-state index in [0.29, 0.717) is 24.6 Å². The summed E-state index contributed by atoms with van der Waals surface area (Å²) in [5, 5.41) is 0. The Labute approximate surface area is 194 Å². The van der Waals surface area contributed by atoms with Gasteiger partial charge in [0.2, 0.25) is 10.0 Å². The second-order valence-corrected chi connectivity index (χ2v) is 11.3. The number of hydrogen-bond acceptors (Lipinski definition) is 6. The maximum absolute atomic E-state index is 13.1. The first-order valence-electron chi connectivity index (χ1n) is 11.1. The molecule has 0 N–H and O–H groups in total. The number of fused-ring (bicyclic) bond motifs is 1. The van der Waals surface area contributed by atoms with Crippen LogP contribution in [-0.2, 0) is 22.9 Å². The van der Waals surface area contributed by atoms with Crippen LogP contribution in [0.25, 0.3) is 0 Å². The van der Waals surface area contributed by atoms with Crippen molar-refractivity contribution in [2.45, 2.75) is 43.4 Å². The van der Waals surface area contributed by atoms with Crippen LogP contribution < -0.4 is 9.47 Å². The molecule has 1 saturated heterocycles. The summed E-state index contributed by atoms with van der Waals surface area (Å²) in [6.07, 6.45) is 7.01. The van der Waals surface area contributed by atoms with Gasteiger partial charge in [-0.15, -0.1) is 11.3 Å². The average molecular weight is 479 g/mol. The van der Waals surface area contributed by atoms with E-state index in [1.54, 1.807) is 22.3 Å². The predicted molar refractivity (Wildman–Crippen MR) is 124 cm³/mol. The van der Waals surface area contributed by atoms with Crippen LogP contribution in [0.3, 0.4) is 0 Å². The number of aryl methyl sites for hydroxylation is 2. The van der Waals surface area contributed by atoms with Gasteiger partial charge in [-0.05, 0) is 49.4 Å². The molecule has 2 heterocycles. The fraction of sp³-hybridized carbons (Fsp3) is 0.522. The summed E-state index contributed by atoms with van der Waals surface area (Å²) in [6.45, 7) is 1.31. The van der Waals surface area contributed by atoms with Crippen molar-refractivity contribution in [2.24, 2.45) is 0 Å². The summed E-state index contributed by atoms with van der Waals surface area (Å²) in [6, 6.07) is 6.66. The summed E-state index contributed by atoms with van der Waals surface area (Å²) in [7, 11) is -0.695. The number of sulfonamides is 1. The molecular formula is C23H30N2O5S2. The second kappa shape index (κ2) is 9.80. The molecule has 4 rings (SSSR count). The van der Waals surface area contributed by atoms with E-state index in [2.05, 4.69) is 6.07 Å². The van der Waals surface area contributed by atoms with Gasteiger partial charge in [-0.25, -0.2) is 8.42 Å². The third-order valence-corrected chi connectivity index (χ3v) is 9.35. The predicted octanol–water partition coefficient (Wildman–Crippen LogP) is 3.57. The van der Waals surface area contributed by atoms with Crippen LogP contribution in [0.15, 0.2) is 29.2 Å². The van der Waals surface area contributed by atoms with E-state index in [0.717, 1.165) is 17.7 Å². The number of amides is 1. The van der Waals surface area contributed by atoms with Gasteiger partial charge >= 0.3 is 0 Å². The number of carbonyl (C=O) groups excluding carboxylic acids is 1. The molecule has 0 spiro atoms. The molecule has 0 unspecified atom stereocenters. The zero-order valence-electron chi connectivity index (χ0n) is 18.6. The van der Waals surface area contributed by atoms with E-state index in [1.807, 2.05) is 0 Å². The Morgan fingerprint density at radius 1 is 0.906 bits per heavy atom. The van der Waals surface area contributed by atoms with Crippen molar-refractivity contribution < 1.29 is 22.7 Å². The molecule has 32 heavy (non-hydrogen) atoms. The topological polar surface area (TPSA) is 76.2 Å². The lowest BCUT2D eigenvalue weighted by Crippen LogP contribution is -2.50. The smallest absolute Gasteiger partial charge is 0.264 e. The van der Waals surface area contributed by atoms with Crippen molar-refractivity contribution in [2.75, 3.05) is 40.4 Å². The van der Waals surface area contributed by atoms with Gasteiger partial charge in [-0.1, -0.05) is 12.8 Å². The minimum atomic E-state index is -3.68. The summed E-state index contributed by atoms with van der Waals surface area (Å²) in [5.41, 5.74) is 1.33. The molecule has 0 radical (unpaired) electrons. The second-order valence-electron chi connectivity index (χ2n) is 8.19. The maximum atomic E-state index is 13.1. The van der Waals surface area contributed by atoms with Crippen LogP contribution in [0.1, 0.15) is 45.8 Å². The molecule has 7 nitrogen and oxygen atoms in total. The monoisotopic (exact) mass is 478 g/mol. The highest BCUT2D eigenvalue weighted by atomic mass is 32.2. The van der Waals surface area contributed by atoms with E-state index in [1.165, 1.54) is 66.8 Å². The van der Waals surface area contributed by atoms with Gasteiger partial charge in [0.25, 0.3) is 5.91 Å². The highest BCUT2D eigenvalue weighted by molar-refractivity contribution is 7.89. The van der Waals surface area contributed by atoms with Crippen LogP contribution in [0.5, 0.6) is 11.5 Å². The normalized spacial score (nSPS) is 17.9. The Kier molecular flexibility index (Phi) is 7.07. The number of nitrogens with zero attached hydrogens (tertiary/aromatic N) is 2. The standard InChI is InChI=1S/C23H30N2O5S2/c1-29-19-10-9-18(16-20(19)30-2)32(27,28)25-13-11-24(12-14-25)23(26)22-15-17-7-5-3-4-6-8-21(17)31-22/h9-10,15-16H,3-8,11-14H2,1-2H3. The Morgan fingerprint density at radius 2 is 1.59 bits per heavy atom. The molecule has 174 valence electrons. The lowest BCUT2D eigenvalue weighted by molar-refractivity contribution is 0.0702. The van der Waals surface area contributed by atoms with Crippen molar-refractivity contribution in [3.05, 3.63) is 39.6 Å².